The number of nitrogens with zero attached hydrogens (tertiary/aromatic N) is 1. The average Bonchev–Trinajstić information content (AvgIpc) is 3.24. The molecule has 1 aromatic carbocycles. The molecule has 1 amide bonds. The second-order valence-corrected chi connectivity index (χ2v) is 5.97. The molecule has 114 valence electrons. The second-order valence-electron chi connectivity index (χ2n) is 5.97. The van der Waals surface area contributed by atoms with E-state index in [1.807, 2.05) is 13.0 Å². The van der Waals surface area contributed by atoms with Gasteiger partial charge in [-0.25, -0.2) is 0 Å². The summed E-state index contributed by atoms with van der Waals surface area (Å²) in [5, 5.41) is 4.09. The summed E-state index contributed by atoms with van der Waals surface area (Å²) in [5.74, 6) is 0.338. The summed E-state index contributed by atoms with van der Waals surface area (Å²) >= 11 is 0. The number of rotatable bonds is 5. The van der Waals surface area contributed by atoms with Gasteiger partial charge < -0.3 is 10.3 Å². The summed E-state index contributed by atoms with van der Waals surface area (Å²) in [6.45, 7) is 8.38. The molecule has 0 radical (unpaired) electrons. The lowest BCUT2D eigenvalue weighted by atomic mass is 10.1. The van der Waals surface area contributed by atoms with E-state index in [1.54, 1.807) is 0 Å². The van der Waals surface area contributed by atoms with Crippen LogP contribution < -0.4 is 5.32 Å². The lowest BCUT2D eigenvalue weighted by Gasteiger charge is -2.04. The van der Waals surface area contributed by atoms with Crippen LogP contribution in [0.5, 0.6) is 0 Å². The van der Waals surface area contributed by atoms with Crippen LogP contribution in [0, 0.1) is 12.8 Å². The number of carbonyl (C=O) groups is 1. The molecular weight excluding hydrogens is 274 g/mol. The van der Waals surface area contributed by atoms with E-state index >= 15 is 0 Å². The van der Waals surface area contributed by atoms with E-state index in [1.165, 1.54) is 10.9 Å². The van der Waals surface area contributed by atoms with Crippen LogP contribution in [-0.2, 0) is 4.79 Å². The Morgan fingerprint density at radius 2 is 2.23 bits per heavy atom. The summed E-state index contributed by atoms with van der Waals surface area (Å²) < 4.78 is 0. The first kappa shape index (κ1) is 14.6. The highest BCUT2D eigenvalue weighted by Gasteiger charge is 2.29. The summed E-state index contributed by atoms with van der Waals surface area (Å²) in [6, 6.07) is 8.30. The van der Waals surface area contributed by atoms with E-state index < -0.39 is 0 Å². The molecule has 0 bridgehead atoms. The Morgan fingerprint density at radius 1 is 1.45 bits per heavy atom. The van der Waals surface area contributed by atoms with E-state index in [9.17, 15) is 4.79 Å². The smallest absolute Gasteiger partial charge is 0.223 e. The van der Waals surface area contributed by atoms with Gasteiger partial charge in [-0.15, -0.1) is 0 Å². The maximum absolute atomic E-state index is 11.6. The Hall–Kier alpha value is -2.36. The molecule has 0 aliphatic heterocycles. The molecule has 1 saturated carbocycles. The molecule has 0 atom stereocenters. The van der Waals surface area contributed by atoms with Crippen molar-refractivity contribution in [3.05, 3.63) is 47.8 Å². The van der Waals surface area contributed by atoms with Gasteiger partial charge in [-0.1, -0.05) is 18.7 Å². The molecule has 0 spiro atoms. The number of amides is 1. The van der Waals surface area contributed by atoms with Crippen LogP contribution in [0.25, 0.3) is 10.9 Å². The average molecular weight is 295 g/mol. The lowest BCUT2D eigenvalue weighted by Crippen LogP contribution is -2.26. The zero-order chi connectivity index (χ0) is 15.7. The van der Waals surface area contributed by atoms with Crippen molar-refractivity contribution in [1.82, 2.24) is 10.3 Å². The van der Waals surface area contributed by atoms with Gasteiger partial charge in [0.25, 0.3) is 0 Å². The van der Waals surface area contributed by atoms with Crippen LogP contribution in [0.15, 0.2) is 41.5 Å². The molecule has 1 aliphatic rings. The van der Waals surface area contributed by atoms with Crippen molar-refractivity contribution in [2.45, 2.75) is 26.7 Å². The Balaban J connectivity index is 1.70. The quantitative estimate of drug-likeness (QED) is 0.817. The van der Waals surface area contributed by atoms with Crippen molar-refractivity contribution in [1.29, 1.82) is 0 Å². The number of aromatic nitrogens is 1. The van der Waals surface area contributed by atoms with Crippen molar-refractivity contribution in [2.75, 3.05) is 6.54 Å². The fourth-order valence-electron chi connectivity index (χ4n) is 2.52. The number of carbonyl (C=O) groups excluding carboxylic acids is 1. The minimum Gasteiger partial charge on any atom is -0.354 e. The number of hydrogen-bond donors (Lipinski definition) is 2. The van der Waals surface area contributed by atoms with Crippen LogP contribution in [0.3, 0.4) is 0 Å². The van der Waals surface area contributed by atoms with E-state index in [-0.39, 0.29) is 11.8 Å². The van der Waals surface area contributed by atoms with Gasteiger partial charge in [0.2, 0.25) is 5.91 Å². The number of aryl methyl sites for hydroxylation is 1. The lowest BCUT2D eigenvalue weighted by molar-refractivity contribution is -0.122. The highest BCUT2D eigenvalue weighted by molar-refractivity contribution is 6.02. The van der Waals surface area contributed by atoms with Gasteiger partial charge in [0.1, 0.15) is 0 Å². The predicted molar refractivity (Wildman–Crippen MR) is 90.1 cm³/mol. The third-order valence-electron chi connectivity index (χ3n) is 4.01. The first-order valence-electron chi connectivity index (χ1n) is 7.64. The van der Waals surface area contributed by atoms with E-state index in [0.29, 0.717) is 12.2 Å². The van der Waals surface area contributed by atoms with Crippen LogP contribution in [0.1, 0.15) is 31.0 Å². The Kier molecular flexibility index (Phi) is 3.84. The van der Waals surface area contributed by atoms with E-state index in [0.717, 1.165) is 29.8 Å². The second kappa shape index (κ2) is 5.79. The summed E-state index contributed by atoms with van der Waals surface area (Å²) in [5.41, 5.74) is 4.88. The van der Waals surface area contributed by atoms with Gasteiger partial charge in [-0.05, 0) is 44.4 Å². The van der Waals surface area contributed by atoms with Gasteiger partial charge in [0.05, 0.1) is 23.6 Å². The summed E-state index contributed by atoms with van der Waals surface area (Å²) in [4.78, 5) is 19.5. The van der Waals surface area contributed by atoms with Crippen molar-refractivity contribution in [3.8, 4) is 0 Å². The van der Waals surface area contributed by atoms with E-state index in [2.05, 4.69) is 47.0 Å². The van der Waals surface area contributed by atoms with Gasteiger partial charge in [-0.2, -0.15) is 0 Å². The number of nitrogens with one attached hydrogen (secondary N) is 2. The topological polar surface area (TPSA) is 57.2 Å². The molecule has 0 saturated heterocycles. The fourth-order valence-corrected chi connectivity index (χ4v) is 2.52. The molecule has 0 unspecified atom stereocenters. The van der Waals surface area contributed by atoms with Crippen molar-refractivity contribution >= 4 is 22.5 Å². The zero-order valence-corrected chi connectivity index (χ0v) is 13.1. The third-order valence-corrected chi connectivity index (χ3v) is 4.01. The summed E-state index contributed by atoms with van der Waals surface area (Å²) in [7, 11) is 0. The molecule has 4 heteroatoms. The Morgan fingerprint density at radius 3 is 2.91 bits per heavy atom. The fraction of sp³-hybridized carbons (Fsp3) is 0.333. The molecule has 1 heterocycles. The van der Waals surface area contributed by atoms with Crippen LogP contribution in [0.4, 0.5) is 0 Å². The van der Waals surface area contributed by atoms with Gasteiger partial charge in [0, 0.05) is 16.8 Å². The standard InChI is InChI=1S/C18H21N3O/c1-11-5-4-6-16-15(11)9-17(21-16)13(3)20-12(2)10-19-18(22)14-7-8-14/h4-6,9,14,21H,2,7-8,10H2,1,3H3,(H,19,22). The largest absolute Gasteiger partial charge is 0.354 e. The van der Waals surface area contributed by atoms with Crippen molar-refractivity contribution < 1.29 is 4.79 Å². The molecule has 2 N–H and O–H groups in total. The highest BCUT2D eigenvalue weighted by atomic mass is 16.2. The zero-order valence-electron chi connectivity index (χ0n) is 13.1. The maximum Gasteiger partial charge on any atom is 0.223 e. The molecule has 1 aliphatic carbocycles. The molecule has 2 aromatic rings. The normalized spacial score (nSPS) is 15.1. The summed E-state index contributed by atoms with van der Waals surface area (Å²) in [6.07, 6.45) is 2.02. The monoisotopic (exact) mass is 295 g/mol. The van der Waals surface area contributed by atoms with Gasteiger partial charge >= 0.3 is 0 Å². The number of hydrogen-bond acceptors (Lipinski definition) is 2. The Bertz CT molecular complexity index is 766. The number of H-pyrrole nitrogens is 1. The molecule has 1 fully saturated rings. The molecule has 22 heavy (non-hydrogen) atoms. The number of aromatic amines is 1. The van der Waals surface area contributed by atoms with Crippen molar-refractivity contribution in [3.63, 3.8) is 0 Å². The molecular formula is C18H21N3O. The first-order valence-corrected chi connectivity index (χ1v) is 7.64. The van der Waals surface area contributed by atoms with Gasteiger partial charge in [-0.3, -0.25) is 9.79 Å². The number of fused-ring (bicyclic) bond motifs is 1. The highest BCUT2D eigenvalue weighted by Crippen LogP contribution is 2.28. The predicted octanol–water partition coefficient (Wildman–Crippen LogP) is 3.33. The number of benzene rings is 1. The van der Waals surface area contributed by atoms with E-state index in [4.69, 9.17) is 0 Å². The first-order chi connectivity index (χ1) is 10.5. The molecule has 4 nitrogen and oxygen atoms in total. The molecule has 1 aromatic heterocycles. The van der Waals surface area contributed by atoms with Gasteiger partial charge in [0.15, 0.2) is 0 Å². The van der Waals surface area contributed by atoms with Crippen LogP contribution in [-0.4, -0.2) is 23.1 Å². The minimum atomic E-state index is 0.121. The van der Waals surface area contributed by atoms with Crippen molar-refractivity contribution in [2.24, 2.45) is 10.9 Å². The number of aliphatic imine (C=N–C) groups is 1. The van der Waals surface area contributed by atoms with Crippen LogP contribution >= 0.6 is 0 Å². The third kappa shape index (κ3) is 3.11. The van der Waals surface area contributed by atoms with Crippen LogP contribution in [0.2, 0.25) is 0 Å². The molecule has 3 rings (SSSR count). The SMILES string of the molecule is C=C(CNC(=O)C1CC1)N=C(C)c1cc2c(C)cccc2[nH]1. The Labute approximate surface area is 130 Å². The maximum atomic E-state index is 11.6. The minimum absolute atomic E-state index is 0.121.